The molecule has 4 nitrogen and oxygen atoms in total. The Morgan fingerprint density at radius 1 is 1.41 bits per heavy atom. The largest absolute Gasteiger partial charge is 0.494 e. The summed E-state index contributed by atoms with van der Waals surface area (Å²) in [5.41, 5.74) is 0. The number of benzene rings is 1. The molecule has 0 spiro atoms. The Bertz CT molecular complexity index is 433. The van der Waals surface area contributed by atoms with Crippen LogP contribution >= 0.6 is 11.8 Å². The Kier molecular flexibility index (Phi) is 4.96. The van der Waals surface area contributed by atoms with Crippen molar-refractivity contribution in [3.05, 3.63) is 24.0 Å². The fourth-order valence-corrected chi connectivity index (χ4v) is 1.70. The summed E-state index contributed by atoms with van der Waals surface area (Å²) in [6.45, 7) is 1.73. The third-order valence-electron chi connectivity index (χ3n) is 1.78. The molecule has 0 unspecified atom stereocenters. The third-order valence-corrected chi connectivity index (χ3v) is 2.62. The Balaban J connectivity index is 2.72. The molecule has 0 atom stereocenters. The maximum absolute atomic E-state index is 13.3. The van der Waals surface area contributed by atoms with E-state index in [9.17, 15) is 14.0 Å². The Labute approximate surface area is 102 Å². The topological polar surface area (TPSA) is 52.6 Å². The molecule has 0 aliphatic carbocycles. The van der Waals surface area contributed by atoms with E-state index in [1.165, 1.54) is 19.2 Å². The summed E-state index contributed by atoms with van der Waals surface area (Å²) in [5.74, 6) is -1.44. The van der Waals surface area contributed by atoms with Crippen molar-refractivity contribution >= 4 is 22.8 Å². The van der Waals surface area contributed by atoms with Crippen LogP contribution in [0.5, 0.6) is 5.75 Å². The van der Waals surface area contributed by atoms with Gasteiger partial charge in [0.1, 0.15) is 0 Å². The summed E-state index contributed by atoms with van der Waals surface area (Å²) in [7, 11) is 1.34. The average Bonchev–Trinajstić information content (AvgIpc) is 2.29. The average molecular weight is 258 g/mol. The van der Waals surface area contributed by atoms with E-state index < -0.39 is 16.9 Å². The molecule has 0 heterocycles. The molecule has 1 aromatic rings. The van der Waals surface area contributed by atoms with Crippen LogP contribution in [0.15, 0.2) is 23.1 Å². The molecular formula is C11H11FO4S. The van der Waals surface area contributed by atoms with Crippen molar-refractivity contribution in [3.8, 4) is 5.75 Å². The van der Waals surface area contributed by atoms with Gasteiger partial charge in [0.25, 0.3) is 0 Å². The smallest absolute Gasteiger partial charge is 0.386 e. The molecule has 0 radical (unpaired) electrons. The van der Waals surface area contributed by atoms with Gasteiger partial charge >= 0.3 is 11.1 Å². The highest BCUT2D eigenvalue weighted by molar-refractivity contribution is 8.15. The van der Waals surface area contributed by atoms with Gasteiger partial charge in [-0.2, -0.15) is 0 Å². The van der Waals surface area contributed by atoms with Gasteiger partial charge in [-0.1, -0.05) is 0 Å². The summed E-state index contributed by atoms with van der Waals surface area (Å²) in [5, 5.41) is -0.781. The summed E-state index contributed by atoms with van der Waals surface area (Å²) in [4.78, 5) is 22.7. The minimum absolute atomic E-state index is 0.0814. The van der Waals surface area contributed by atoms with E-state index in [1.54, 1.807) is 6.92 Å². The van der Waals surface area contributed by atoms with Crippen LogP contribution < -0.4 is 4.74 Å². The lowest BCUT2D eigenvalue weighted by Gasteiger charge is -2.04. The number of thioether (sulfide) groups is 1. The molecule has 1 aromatic carbocycles. The Morgan fingerprint density at radius 2 is 2.12 bits per heavy atom. The maximum Gasteiger partial charge on any atom is 0.386 e. The lowest BCUT2D eigenvalue weighted by molar-refractivity contribution is -0.149. The van der Waals surface area contributed by atoms with Crippen LogP contribution in [0.2, 0.25) is 0 Å². The lowest BCUT2D eigenvalue weighted by Crippen LogP contribution is -2.13. The second kappa shape index (κ2) is 6.24. The molecule has 1 rings (SSSR count). The highest BCUT2D eigenvalue weighted by Crippen LogP contribution is 2.25. The first-order chi connectivity index (χ1) is 8.08. The summed E-state index contributed by atoms with van der Waals surface area (Å²) < 4.78 is 22.5. The molecule has 0 aliphatic rings. The highest BCUT2D eigenvalue weighted by Gasteiger charge is 2.17. The second-order valence-corrected chi connectivity index (χ2v) is 3.95. The first-order valence-corrected chi connectivity index (χ1v) is 5.62. The van der Waals surface area contributed by atoms with Crippen LogP contribution in [0, 0.1) is 5.82 Å². The van der Waals surface area contributed by atoms with E-state index >= 15 is 0 Å². The van der Waals surface area contributed by atoms with Crippen LogP contribution in [0.1, 0.15) is 6.92 Å². The van der Waals surface area contributed by atoms with Gasteiger partial charge in [0.05, 0.1) is 13.7 Å². The molecular weight excluding hydrogens is 247 g/mol. The van der Waals surface area contributed by atoms with Crippen molar-refractivity contribution in [2.75, 3.05) is 13.7 Å². The zero-order valence-corrected chi connectivity index (χ0v) is 10.2. The number of carbonyl (C=O) groups excluding carboxylic acids is 2. The van der Waals surface area contributed by atoms with Gasteiger partial charge in [-0.25, -0.2) is 9.18 Å². The van der Waals surface area contributed by atoms with Crippen LogP contribution in [0.4, 0.5) is 4.39 Å². The van der Waals surface area contributed by atoms with Gasteiger partial charge in [0.15, 0.2) is 11.6 Å². The van der Waals surface area contributed by atoms with E-state index in [-0.39, 0.29) is 12.4 Å². The van der Waals surface area contributed by atoms with Crippen LogP contribution in [0.3, 0.4) is 0 Å². The van der Waals surface area contributed by atoms with Crippen LogP contribution in [-0.2, 0) is 14.3 Å². The number of hydrogen-bond acceptors (Lipinski definition) is 5. The van der Waals surface area contributed by atoms with Gasteiger partial charge in [-0.05, 0) is 36.9 Å². The Morgan fingerprint density at radius 3 is 2.65 bits per heavy atom. The van der Waals surface area contributed by atoms with Crippen molar-refractivity contribution in [2.45, 2.75) is 11.8 Å². The molecule has 0 aromatic heterocycles. The molecule has 0 fully saturated rings. The van der Waals surface area contributed by atoms with Crippen LogP contribution in [-0.4, -0.2) is 24.8 Å². The summed E-state index contributed by atoms with van der Waals surface area (Å²) >= 11 is 0.616. The van der Waals surface area contributed by atoms with Gasteiger partial charge in [-0.3, -0.25) is 4.79 Å². The monoisotopic (exact) mass is 258 g/mol. The molecule has 17 heavy (non-hydrogen) atoms. The first kappa shape index (κ1) is 13.5. The van der Waals surface area contributed by atoms with E-state index in [4.69, 9.17) is 4.74 Å². The zero-order valence-electron chi connectivity index (χ0n) is 9.36. The molecule has 0 saturated heterocycles. The van der Waals surface area contributed by atoms with Crippen molar-refractivity contribution in [1.29, 1.82) is 0 Å². The van der Waals surface area contributed by atoms with Gasteiger partial charge in [-0.15, -0.1) is 0 Å². The summed E-state index contributed by atoms with van der Waals surface area (Å²) in [6.07, 6.45) is 0. The van der Waals surface area contributed by atoms with E-state index in [0.29, 0.717) is 16.7 Å². The van der Waals surface area contributed by atoms with Gasteiger partial charge in [0, 0.05) is 4.90 Å². The molecule has 0 bridgehead atoms. The molecule has 0 amide bonds. The second-order valence-electron chi connectivity index (χ2n) is 2.91. The zero-order chi connectivity index (χ0) is 12.8. The number of hydrogen-bond donors (Lipinski definition) is 0. The number of carbonyl (C=O) groups is 2. The molecule has 0 saturated carbocycles. The van der Waals surface area contributed by atoms with E-state index in [1.807, 2.05) is 0 Å². The first-order valence-electron chi connectivity index (χ1n) is 4.81. The molecule has 92 valence electrons. The molecule has 0 N–H and O–H groups in total. The number of ether oxygens (including phenoxy) is 2. The van der Waals surface area contributed by atoms with E-state index in [0.717, 1.165) is 6.07 Å². The number of halogens is 1. The fraction of sp³-hybridized carbons (Fsp3) is 0.273. The minimum Gasteiger partial charge on any atom is -0.494 e. The molecule has 6 heteroatoms. The van der Waals surface area contributed by atoms with E-state index in [2.05, 4.69) is 4.74 Å². The maximum atomic E-state index is 13.3. The van der Waals surface area contributed by atoms with Crippen LogP contribution in [0.25, 0.3) is 0 Å². The normalized spacial score (nSPS) is 9.82. The fourth-order valence-electron chi connectivity index (χ4n) is 1.05. The predicted octanol–water partition coefficient (Wildman–Crippen LogP) is 2.02. The lowest BCUT2D eigenvalue weighted by atomic mass is 10.3. The van der Waals surface area contributed by atoms with Crippen molar-refractivity contribution in [3.63, 3.8) is 0 Å². The van der Waals surface area contributed by atoms with Crippen molar-refractivity contribution in [2.24, 2.45) is 0 Å². The number of esters is 1. The third kappa shape index (κ3) is 3.74. The minimum atomic E-state index is -0.936. The van der Waals surface area contributed by atoms with Crippen molar-refractivity contribution < 1.29 is 23.5 Å². The molecule has 0 aliphatic heterocycles. The Hall–Kier alpha value is -1.56. The van der Waals surface area contributed by atoms with Crippen molar-refractivity contribution in [1.82, 2.24) is 0 Å². The predicted molar refractivity (Wildman–Crippen MR) is 60.4 cm³/mol. The number of rotatable bonds is 3. The quantitative estimate of drug-likeness (QED) is 0.471. The highest BCUT2D eigenvalue weighted by atomic mass is 32.2. The SMILES string of the molecule is CCOC(=O)C(=O)Sc1ccc(OC)c(F)c1. The van der Waals surface area contributed by atoms with Gasteiger partial charge in [0.2, 0.25) is 0 Å². The van der Waals surface area contributed by atoms with Gasteiger partial charge < -0.3 is 9.47 Å². The number of methoxy groups -OCH3 is 1. The standard InChI is InChI=1S/C11H11FO4S/c1-3-16-10(13)11(14)17-7-4-5-9(15-2)8(12)6-7/h4-6H,3H2,1-2H3. The summed E-state index contributed by atoms with van der Waals surface area (Å²) in [6, 6.07) is 4.00.